The number of hydrogen-bond donors (Lipinski definition) is 0. The minimum atomic E-state index is -0.462. The lowest BCUT2D eigenvalue weighted by Gasteiger charge is -2.19. The number of hydrogen-bond acceptors (Lipinski definition) is 6. The van der Waals surface area contributed by atoms with E-state index < -0.39 is 11.9 Å². The molecule has 0 saturated carbocycles. The number of esters is 2. The largest absolute Gasteiger partial charge is 0.465 e. The molecule has 0 radical (unpaired) electrons. The van der Waals surface area contributed by atoms with Crippen molar-refractivity contribution in [2.24, 2.45) is 0 Å². The lowest BCUT2D eigenvalue weighted by molar-refractivity contribution is 0.0590. The first-order valence-corrected chi connectivity index (χ1v) is 8.10. The highest BCUT2D eigenvalue weighted by atomic mass is 16.5. The number of carbonyl (C=O) groups excluding carboxylic acids is 2. The third-order valence-electron chi connectivity index (χ3n) is 4.14. The monoisotopic (exact) mass is 356 g/mol. The maximum Gasteiger partial charge on any atom is 0.338 e. The summed E-state index contributed by atoms with van der Waals surface area (Å²) in [5, 5.41) is 0. The number of nitrogens with zero attached hydrogens (tertiary/aromatic N) is 2. The summed E-state index contributed by atoms with van der Waals surface area (Å²) in [7, 11) is 10.2. The van der Waals surface area contributed by atoms with Crippen molar-refractivity contribution in [3.8, 4) is 11.1 Å². The molecule has 0 spiro atoms. The molecule has 0 amide bonds. The molecule has 0 aliphatic heterocycles. The van der Waals surface area contributed by atoms with Gasteiger partial charge >= 0.3 is 11.9 Å². The van der Waals surface area contributed by atoms with Crippen LogP contribution in [0.4, 0.5) is 11.4 Å². The number of methoxy groups -OCH3 is 2. The molecule has 6 heteroatoms. The minimum absolute atomic E-state index is 0.390. The third-order valence-corrected chi connectivity index (χ3v) is 4.14. The lowest BCUT2D eigenvalue weighted by Crippen LogP contribution is -2.13. The third kappa shape index (κ3) is 3.79. The number of ether oxygens (including phenoxy) is 2. The Bertz CT molecular complexity index is 759. The van der Waals surface area contributed by atoms with Crippen LogP contribution in [0.2, 0.25) is 0 Å². The lowest BCUT2D eigenvalue weighted by atomic mass is 9.94. The molecule has 6 nitrogen and oxygen atoms in total. The van der Waals surface area contributed by atoms with Gasteiger partial charge in [0.25, 0.3) is 0 Å². The van der Waals surface area contributed by atoms with Crippen LogP contribution in [0, 0.1) is 0 Å². The van der Waals surface area contributed by atoms with Gasteiger partial charge in [-0.25, -0.2) is 9.59 Å². The molecule has 26 heavy (non-hydrogen) atoms. The molecular weight excluding hydrogens is 332 g/mol. The first-order valence-electron chi connectivity index (χ1n) is 8.10. The van der Waals surface area contributed by atoms with Gasteiger partial charge in [-0.05, 0) is 35.4 Å². The van der Waals surface area contributed by atoms with Gasteiger partial charge in [0.15, 0.2) is 0 Å². The minimum Gasteiger partial charge on any atom is -0.465 e. The van der Waals surface area contributed by atoms with Crippen LogP contribution in [0.3, 0.4) is 0 Å². The van der Waals surface area contributed by atoms with Gasteiger partial charge < -0.3 is 19.3 Å². The van der Waals surface area contributed by atoms with Crippen LogP contribution >= 0.6 is 0 Å². The zero-order valence-electron chi connectivity index (χ0n) is 16.0. The summed E-state index contributed by atoms with van der Waals surface area (Å²) in [6.45, 7) is 0. The quantitative estimate of drug-likeness (QED) is 0.768. The summed E-state index contributed by atoms with van der Waals surface area (Å²) in [4.78, 5) is 28.5. The molecule has 0 unspecified atom stereocenters. The van der Waals surface area contributed by atoms with Gasteiger partial charge in [-0.15, -0.1) is 0 Å². The topological polar surface area (TPSA) is 59.1 Å². The van der Waals surface area contributed by atoms with Crippen molar-refractivity contribution in [1.29, 1.82) is 0 Å². The van der Waals surface area contributed by atoms with E-state index in [0.717, 1.165) is 11.4 Å². The van der Waals surface area contributed by atoms with E-state index in [0.29, 0.717) is 22.3 Å². The fourth-order valence-corrected chi connectivity index (χ4v) is 2.65. The maximum atomic E-state index is 12.3. The summed E-state index contributed by atoms with van der Waals surface area (Å²) in [5.74, 6) is -0.924. The molecule has 0 saturated heterocycles. The Kier molecular flexibility index (Phi) is 5.87. The zero-order valence-corrected chi connectivity index (χ0v) is 16.0. The summed E-state index contributed by atoms with van der Waals surface area (Å²) in [6.07, 6.45) is 0. The van der Waals surface area contributed by atoms with E-state index in [-0.39, 0.29) is 0 Å². The van der Waals surface area contributed by atoms with Crippen molar-refractivity contribution < 1.29 is 19.1 Å². The fraction of sp³-hybridized carbons (Fsp3) is 0.300. The van der Waals surface area contributed by atoms with Gasteiger partial charge in [0, 0.05) is 39.6 Å². The van der Waals surface area contributed by atoms with Crippen LogP contribution in [-0.4, -0.2) is 54.3 Å². The average Bonchev–Trinajstić information content (AvgIpc) is 2.65. The predicted molar refractivity (Wildman–Crippen MR) is 103 cm³/mol. The highest BCUT2D eigenvalue weighted by molar-refractivity contribution is 6.04. The molecule has 2 aromatic rings. The highest BCUT2D eigenvalue weighted by Crippen LogP contribution is 2.33. The Morgan fingerprint density at radius 1 is 0.692 bits per heavy atom. The maximum absolute atomic E-state index is 12.3. The van der Waals surface area contributed by atoms with E-state index in [1.807, 2.05) is 62.3 Å². The normalized spacial score (nSPS) is 10.2. The second-order valence-corrected chi connectivity index (χ2v) is 6.23. The van der Waals surface area contributed by atoms with Crippen molar-refractivity contribution in [3.63, 3.8) is 0 Å². The number of anilines is 2. The van der Waals surface area contributed by atoms with Crippen molar-refractivity contribution >= 4 is 23.3 Å². The smallest absolute Gasteiger partial charge is 0.338 e. The average molecular weight is 356 g/mol. The van der Waals surface area contributed by atoms with Gasteiger partial charge in [0.05, 0.1) is 25.3 Å². The van der Waals surface area contributed by atoms with Gasteiger partial charge in [-0.3, -0.25) is 0 Å². The molecule has 2 rings (SSSR count). The van der Waals surface area contributed by atoms with E-state index in [1.54, 1.807) is 12.1 Å². The molecule has 0 aliphatic carbocycles. The molecule has 0 fully saturated rings. The summed E-state index contributed by atoms with van der Waals surface area (Å²) in [6, 6.07) is 10.9. The Morgan fingerprint density at radius 2 is 1.04 bits per heavy atom. The van der Waals surface area contributed by atoms with Crippen molar-refractivity contribution in [3.05, 3.63) is 47.5 Å². The van der Waals surface area contributed by atoms with Crippen LogP contribution < -0.4 is 9.80 Å². The van der Waals surface area contributed by atoms with E-state index in [9.17, 15) is 9.59 Å². The molecule has 0 heterocycles. The predicted octanol–water partition coefficient (Wildman–Crippen LogP) is 3.06. The van der Waals surface area contributed by atoms with Gasteiger partial charge in [0.2, 0.25) is 0 Å². The van der Waals surface area contributed by atoms with Crippen molar-refractivity contribution in [2.45, 2.75) is 0 Å². The van der Waals surface area contributed by atoms with Crippen LogP contribution in [-0.2, 0) is 9.47 Å². The standard InChI is InChI=1S/C20H24N2O4/c1-21(2)13-7-9-15(17(11-13)19(23)25-5)16-10-8-14(22(3)4)12-18(16)20(24)26-6/h7-12H,1-6H3. The van der Waals surface area contributed by atoms with Crippen molar-refractivity contribution in [2.75, 3.05) is 52.2 Å². The van der Waals surface area contributed by atoms with Crippen LogP contribution in [0.25, 0.3) is 11.1 Å². The molecule has 0 aliphatic rings. The van der Waals surface area contributed by atoms with Gasteiger partial charge in [0.1, 0.15) is 0 Å². The summed E-state index contributed by atoms with van der Waals surface area (Å²) < 4.78 is 9.88. The van der Waals surface area contributed by atoms with Gasteiger partial charge in [-0.1, -0.05) is 12.1 Å². The van der Waals surface area contributed by atoms with E-state index in [1.165, 1.54) is 14.2 Å². The first kappa shape index (κ1) is 19.3. The van der Waals surface area contributed by atoms with Gasteiger partial charge in [-0.2, -0.15) is 0 Å². The molecule has 2 aromatic carbocycles. The second-order valence-electron chi connectivity index (χ2n) is 6.23. The number of carbonyl (C=O) groups is 2. The van der Waals surface area contributed by atoms with Crippen LogP contribution in [0.5, 0.6) is 0 Å². The van der Waals surface area contributed by atoms with Crippen LogP contribution in [0.1, 0.15) is 20.7 Å². The second kappa shape index (κ2) is 7.91. The summed E-state index contributed by atoms with van der Waals surface area (Å²) in [5.41, 5.74) is 3.74. The zero-order chi connectivity index (χ0) is 19.4. The number of rotatable bonds is 5. The fourth-order valence-electron chi connectivity index (χ4n) is 2.65. The van der Waals surface area contributed by atoms with E-state index in [2.05, 4.69) is 0 Å². The van der Waals surface area contributed by atoms with E-state index >= 15 is 0 Å². The Labute approximate surface area is 153 Å². The van der Waals surface area contributed by atoms with E-state index in [4.69, 9.17) is 9.47 Å². The summed E-state index contributed by atoms with van der Waals surface area (Å²) >= 11 is 0. The Morgan fingerprint density at radius 3 is 1.31 bits per heavy atom. The SMILES string of the molecule is COC(=O)c1cc(N(C)C)ccc1-c1ccc(N(C)C)cc1C(=O)OC. The Hall–Kier alpha value is -3.02. The Balaban J connectivity index is 2.74. The van der Waals surface area contributed by atoms with Crippen molar-refractivity contribution in [1.82, 2.24) is 0 Å². The molecule has 138 valence electrons. The highest BCUT2D eigenvalue weighted by Gasteiger charge is 2.21. The molecular formula is C20H24N2O4. The molecule has 0 aromatic heterocycles. The molecule has 0 atom stereocenters. The van der Waals surface area contributed by atoms with Crippen LogP contribution in [0.15, 0.2) is 36.4 Å². The number of benzene rings is 2. The first-order chi connectivity index (χ1) is 12.3. The molecule has 0 N–H and O–H groups in total. The molecule has 0 bridgehead atoms.